The number of fused-ring (bicyclic) bond motifs is 2. The molecule has 4 aromatic rings. The maximum absolute atomic E-state index is 5.87. The molecule has 0 atom stereocenters. The Hall–Kier alpha value is -2.62. The van der Waals surface area contributed by atoms with Gasteiger partial charge in [0.15, 0.2) is 22.9 Å². The fraction of sp³-hybridized carbons (Fsp3) is 0.300. The van der Waals surface area contributed by atoms with Gasteiger partial charge in [-0.2, -0.15) is 0 Å². The van der Waals surface area contributed by atoms with E-state index in [2.05, 4.69) is 55.9 Å². The van der Waals surface area contributed by atoms with Crippen LogP contribution in [0.25, 0.3) is 33.3 Å². The summed E-state index contributed by atoms with van der Waals surface area (Å²) < 4.78 is 11.7. The highest BCUT2D eigenvalue weighted by atomic mass is 16.4. The van der Waals surface area contributed by atoms with E-state index in [4.69, 9.17) is 8.83 Å². The zero-order valence-corrected chi connectivity index (χ0v) is 14.3. The van der Waals surface area contributed by atoms with Crippen molar-refractivity contribution in [1.82, 2.24) is 9.97 Å². The van der Waals surface area contributed by atoms with Gasteiger partial charge < -0.3 is 8.83 Å². The summed E-state index contributed by atoms with van der Waals surface area (Å²) in [7, 11) is 0. The summed E-state index contributed by atoms with van der Waals surface area (Å²) in [6.07, 6.45) is 0. The normalized spacial score (nSPS) is 12.1. The Balaban J connectivity index is 1.79. The molecule has 0 aliphatic rings. The van der Waals surface area contributed by atoms with Crippen LogP contribution in [0.15, 0.2) is 45.2 Å². The quantitative estimate of drug-likeness (QED) is 0.473. The van der Waals surface area contributed by atoms with E-state index in [0.29, 0.717) is 0 Å². The van der Waals surface area contributed by atoms with Gasteiger partial charge in [0.25, 0.3) is 0 Å². The van der Waals surface area contributed by atoms with Crippen LogP contribution in [-0.4, -0.2) is 9.97 Å². The highest BCUT2D eigenvalue weighted by Crippen LogP contribution is 2.30. The van der Waals surface area contributed by atoms with Gasteiger partial charge in [0.05, 0.1) is 0 Å². The first-order chi connectivity index (χ1) is 11.5. The molecule has 0 saturated heterocycles. The summed E-state index contributed by atoms with van der Waals surface area (Å²) in [5.41, 5.74) is 5.61. The largest absolute Gasteiger partial charge is 0.440 e. The average Bonchev–Trinajstić information content (AvgIpc) is 3.17. The van der Waals surface area contributed by atoms with Gasteiger partial charge in [-0.25, -0.2) is 9.97 Å². The lowest BCUT2D eigenvalue weighted by molar-refractivity contribution is 0.501. The van der Waals surface area contributed by atoms with E-state index in [1.165, 1.54) is 0 Å². The Morgan fingerprint density at radius 1 is 0.667 bits per heavy atom. The van der Waals surface area contributed by atoms with Crippen molar-refractivity contribution in [3.05, 3.63) is 48.2 Å². The molecule has 4 rings (SSSR count). The Morgan fingerprint density at radius 2 is 1.25 bits per heavy atom. The summed E-state index contributed by atoms with van der Waals surface area (Å²) in [5, 5.41) is 0. The SMILES string of the molecule is CC(C)c1nc2cc(-c3ccc4nc(C(C)C)oc4c3)ccc2o1. The van der Waals surface area contributed by atoms with Crippen molar-refractivity contribution in [2.24, 2.45) is 0 Å². The van der Waals surface area contributed by atoms with Crippen LogP contribution in [0, 0.1) is 0 Å². The highest BCUT2D eigenvalue weighted by molar-refractivity contribution is 5.84. The second-order valence-electron chi connectivity index (χ2n) is 6.78. The zero-order chi connectivity index (χ0) is 16.8. The number of nitrogens with zero attached hydrogens (tertiary/aromatic N) is 2. The lowest BCUT2D eigenvalue weighted by Crippen LogP contribution is -1.84. The fourth-order valence-electron chi connectivity index (χ4n) is 2.74. The minimum Gasteiger partial charge on any atom is -0.440 e. The molecule has 0 N–H and O–H groups in total. The monoisotopic (exact) mass is 320 g/mol. The molecule has 0 radical (unpaired) electrons. The molecule has 2 heterocycles. The molecule has 0 bridgehead atoms. The smallest absolute Gasteiger partial charge is 0.198 e. The van der Waals surface area contributed by atoms with Crippen molar-refractivity contribution in [3.8, 4) is 11.1 Å². The van der Waals surface area contributed by atoms with E-state index in [1.807, 2.05) is 18.2 Å². The molecule has 0 aliphatic carbocycles. The van der Waals surface area contributed by atoms with E-state index in [0.717, 1.165) is 45.1 Å². The van der Waals surface area contributed by atoms with E-state index < -0.39 is 0 Å². The fourth-order valence-corrected chi connectivity index (χ4v) is 2.74. The van der Waals surface area contributed by atoms with Crippen LogP contribution in [-0.2, 0) is 0 Å². The zero-order valence-electron chi connectivity index (χ0n) is 14.3. The molecule has 0 saturated carbocycles. The van der Waals surface area contributed by atoms with Crippen LogP contribution in [0.5, 0.6) is 0 Å². The molecule has 0 fully saturated rings. The first kappa shape index (κ1) is 14.9. The summed E-state index contributed by atoms with van der Waals surface area (Å²) in [5.74, 6) is 2.10. The second kappa shape index (κ2) is 5.48. The summed E-state index contributed by atoms with van der Waals surface area (Å²) in [6, 6.07) is 12.2. The van der Waals surface area contributed by atoms with E-state index in [9.17, 15) is 0 Å². The van der Waals surface area contributed by atoms with Crippen molar-refractivity contribution >= 4 is 22.2 Å². The number of oxazole rings is 2. The number of benzene rings is 2. The first-order valence-electron chi connectivity index (χ1n) is 8.32. The van der Waals surface area contributed by atoms with Gasteiger partial charge >= 0.3 is 0 Å². The molecule has 2 aromatic heterocycles. The molecule has 0 spiro atoms. The number of aromatic nitrogens is 2. The molecule has 0 amide bonds. The Kier molecular flexibility index (Phi) is 3.41. The molecule has 2 aromatic carbocycles. The number of rotatable bonds is 3. The third-order valence-corrected chi connectivity index (χ3v) is 4.13. The van der Waals surface area contributed by atoms with Crippen molar-refractivity contribution < 1.29 is 8.83 Å². The highest BCUT2D eigenvalue weighted by Gasteiger charge is 2.12. The van der Waals surface area contributed by atoms with Crippen LogP contribution in [0.3, 0.4) is 0 Å². The van der Waals surface area contributed by atoms with Crippen LogP contribution in [0.1, 0.15) is 51.3 Å². The van der Waals surface area contributed by atoms with Crippen molar-refractivity contribution in [2.45, 2.75) is 39.5 Å². The molecular weight excluding hydrogens is 300 g/mol. The van der Waals surface area contributed by atoms with Gasteiger partial charge in [-0.15, -0.1) is 0 Å². The number of hydrogen-bond acceptors (Lipinski definition) is 4. The Morgan fingerprint density at radius 3 is 1.96 bits per heavy atom. The predicted octanol–water partition coefficient (Wildman–Crippen LogP) is 5.88. The maximum atomic E-state index is 5.87. The molecule has 0 unspecified atom stereocenters. The minimum atomic E-state index is 0.279. The first-order valence-corrected chi connectivity index (χ1v) is 8.32. The lowest BCUT2D eigenvalue weighted by atomic mass is 10.0. The number of hydrogen-bond donors (Lipinski definition) is 0. The molecule has 24 heavy (non-hydrogen) atoms. The van der Waals surface area contributed by atoms with Crippen LogP contribution in [0.4, 0.5) is 0 Å². The summed E-state index contributed by atoms with van der Waals surface area (Å²) >= 11 is 0. The van der Waals surface area contributed by atoms with Gasteiger partial charge in [0.1, 0.15) is 11.0 Å². The third kappa shape index (κ3) is 2.48. The molecular formula is C20H20N2O2. The third-order valence-electron chi connectivity index (χ3n) is 4.13. The topological polar surface area (TPSA) is 52.1 Å². The minimum absolute atomic E-state index is 0.279. The van der Waals surface area contributed by atoms with E-state index in [1.54, 1.807) is 0 Å². The molecule has 4 heteroatoms. The van der Waals surface area contributed by atoms with Gasteiger partial charge in [0.2, 0.25) is 0 Å². The van der Waals surface area contributed by atoms with E-state index >= 15 is 0 Å². The van der Waals surface area contributed by atoms with Crippen molar-refractivity contribution in [2.75, 3.05) is 0 Å². The molecule has 122 valence electrons. The Labute approximate surface area is 140 Å². The van der Waals surface area contributed by atoms with Gasteiger partial charge in [-0.05, 0) is 35.4 Å². The van der Waals surface area contributed by atoms with Crippen molar-refractivity contribution in [3.63, 3.8) is 0 Å². The summed E-state index contributed by atoms with van der Waals surface area (Å²) in [4.78, 5) is 9.11. The Bertz CT molecular complexity index is 941. The predicted molar refractivity (Wildman–Crippen MR) is 95.2 cm³/mol. The lowest BCUT2D eigenvalue weighted by Gasteiger charge is -2.00. The van der Waals surface area contributed by atoms with Gasteiger partial charge in [-0.1, -0.05) is 39.8 Å². The maximum Gasteiger partial charge on any atom is 0.198 e. The van der Waals surface area contributed by atoms with Gasteiger partial charge in [-0.3, -0.25) is 0 Å². The van der Waals surface area contributed by atoms with Crippen LogP contribution < -0.4 is 0 Å². The van der Waals surface area contributed by atoms with Gasteiger partial charge in [0, 0.05) is 11.8 Å². The van der Waals surface area contributed by atoms with Crippen LogP contribution in [0.2, 0.25) is 0 Å². The summed E-state index contributed by atoms with van der Waals surface area (Å²) in [6.45, 7) is 8.32. The van der Waals surface area contributed by atoms with E-state index in [-0.39, 0.29) is 11.8 Å². The van der Waals surface area contributed by atoms with Crippen LogP contribution >= 0.6 is 0 Å². The average molecular weight is 320 g/mol. The second-order valence-corrected chi connectivity index (χ2v) is 6.78. The molecule has 4 nitrogen and oxygen atoms in total. The van der Waals surface area contributed by atoms with Crippen molar-refractivity contribution in [1.29, 1.82) is 0 Å². The molecule has 0 aliphatic heterocycles. The standard InChI is InChI=1S/C20H20N2O2/c1-11(2)19-21-15-7-5-14(10-18(15)24-19)13-6-8-17-16(9-13)22-20(23-17)12(3)4/h5-12H,1-4H3.